The molecule has 0 radical (unpaired) electrons. The van der Waals surface area contributed by atoms with Crippen molar-refractivity contribution in [2.45, 2.75) is 6.42 Å². The average Bonchev–Trinajstić information content (AvgIpc) is 2.80. The summed E-state index contributed by atoms with van der Waals surface area (Å²) in [5.41, 5.74) is 0.527. The topological polar surface area (TPSA) is 62.3 Å². The van der Waals surface area contributed by atoms with E-state index in [1.165, 1.54) is 6.20 Å². The van der Waals surface area contributed by atoms with E-state index in [2.05, 4.69) is 16.9 Å². The van der Waals surface area contributed by atoms with Gasteiger partial charge in [-0.05, 0) is 12.1 Å². The van der Waals surface area contributed by atoms with Crippen molar-refractivity contribution in [2.75, 3.05) is 19.6 Å². The molecule has 1 aliphatic rings. The number of amides is 2. The molecule has 1 aromatic heterocycles. The quantitative estimate of drug-likeness (QED) is 0.797. The summed E-state index contributed by atoms with van der Waals surface area (Å²) in [4.78, 5) is 29.0. The van der Waals surface area contributed by atoms with E-state index in [4.69, 9.17) is 0 Å². The fourth-order valence-corrected chi connectivity index (χ4v) is 2.08. The molecular weight excluding hydrogens is 242 g/mol. The molecule has 1 unspecified atom stereocenters. The lowest BCUT2D eigenvalue weighted by molar-refractivity contribution is -0.127. The van der Waals surface area contributed by atoms with Crippen LogP contribution in [-0.2, 0) is 4.79 Å². The number of nitrogens with one attached hydrogen (secondary N) is 1. The summed E-state index contributed by atoms with van der Waals surface area (Å²) < 4.78 is 0. The fourth-order valence-electron chi connectivity index (χ4n) is 2.08. The van der Waals surface area contributed by atoms with Gasteiger partial charge in [-0.3, -0.25) is 14.6 Å². The minimum absolute atomic E-state index is 0.125. The lowest BCUT2D eigenvalue weighted by Crippen LogP contribution is -2.35. The molecule has 5 heteroatoms. The van der Waals surface area contributed by atoms with Crippen LogP contribution >= 0.6 is 0 Å². The van der Waals surface area contributed by atoms with Crippen LogP contribution in [0.3, 0.4) is 0 Å². The molecule has 1 N–H and O–H groups in total. The van der Waals surface area contributed by atoms with Gasteiger partial charge in [0.05, 0.1) is 5.56 Å². The maximum Gasteiger partial charge on any atom is 0.252 e. The molecule has 2 rings (SSSR count). The van der Waals surface area contributed by atoms with Crippen molar-refractivity contribution in [1.82, 2.24) is 15.2 Å². The molecule has 5 nitrogen and oxygen atoms in total. The zero-order chi connectivity index (χ0) is 13.7. The molecule has 100 valence electrons. The van der Waals surface area contributed by atoms with E-state index in [0.717, 1.165) is 0 Å². The number of rotatable bonds is 5. The van der Waals surface area contributed by atoms with Gasteiger partial charge in [-0.15, -0.1) is 6.58 Å². The molecule has 1 aliphatic heterocycles. The van der Waals surface area contributed by atoms with Gasteiger partial charge in [0.25, 0.3) is 5.91 Å². The third-order valence-corrected chi connectivity index (χ3v) is 3.17. The molecular formula is C14H17N3O2. The van der Waals surface area contributed by atoms with Crippen LogP contribution in [0, 0.1) is 5.92 Å². The average molecular weight is 259 g/mol. The molecule has 2 amide bonds. The van der Waals surface area contributed by atoms with Gasteiger partial charge in [0.1, 0.15) is 0 Å². The molecule has 0 spiro atoms. The number of hydrogen-bond acceptors (Lipinski definition) is 3. The summed E-state index contributed by atoms with van der Waals surface area (Å²) in [6, 6.07) is 3.42. The fraction of sp³-hybridized carbons (Fsp3) is 0.357. The van der Waals surface area contributed by atoms with Crippen molar-refractivity contribution in [1.29, 1.82) is 0 Å². The Balaban J connectivity index is 1.77. The van der Waals surface area contributed by atoms with Gasteiger partial charge in [-0.25, -0.2) is 0 Å². The molecule has 0 bridgehead atoms. The third-order valence-electron chi connectivity index (χ3n) is 3.17. The highest BCUT2D eigenvalue weighted by Crippen LogP contribution is 2.17. The van der Waals surface area contributed by atoms with E-state index >= 15 is 0 Å². The Morgan fingerprint density at radius 1 is 1.63 bits per heavy atom. The van der Waals surface area contributed by atoms with Gasteiger partial charge in [-0.1, -0.05) is 6.08 Å². The van der Waals surface area contributed by atoms with Gasteiger partial charge in [0, 0.05) is 44.4 Å². The second-order valence-electron chi connectivity index (χ2n) is 4.54. The minimum Gasteiger partial charge on any atom is -0.350 e. The number of likely N-dealkylation sites (tertiary alicyclic amines) is 1. The molecule has 1 saturated heterocycles. The molecule has 0 aliphatic carbocycles. The van der Waals surface area contributed by atoms with E-state index in [9.17, 15) is 9.59 Å². The first-order valence-corrected chi connectivity index (χ1v) is 6.29. The predicted octanol–water partition coefficient (Wildman–Crippen LogP) is 0.846. The summed E-state index contributed by atoms with van der Waals surface area (Å²) in [6.07, 6.45) is 5.48. The highest BCUT2D eigenvalue weighted by atomic mass is 16.2. The van der Waals surface area contributed by atoms with E-state index in [0.29, 0.717) is 31.6 Å². The summed E-state index contributed by atoms with van der Waals surface area (Å²) in [7, 11) is 0. The van der Waals surface area contributed by atoms with Crippen LogP contribution in [0.1, 0.15) is 16.8 Å². The number of aromatic nitrogens is 1. The zero-order valence-electron chi connectivity index (χ0n) is 10.7. The first-order valence-electron chi connectivity index (χ1n) is 6.29. The maximum atomic E-state index is 11.7. The van der Waals surface area contributed by atoms with Crippen LogP contribution in [0.25, 0.3) is 0 Å². The Hall–Kier alpha value is -2.17. The smallest absolute Gasteiger partial charge is 0.252 e. The predicted molar refractivity (Wildman–Crippen MR) is 71.5 cm³/mol. The monoisotopic (exact) mass is 259 g/mol. The number of pyridine rings is 1. The van der Waals surface area contributed by atoms with Crippen molar-refractivity contribution in [2.24, 2.45) is 5.92 Å². The molecule has 0 saturated carbocycles. The Labute approximate surface area is 112 Å². The number of carbonyl (C=O) groups excluding carboxylic acids is 2. The Kier molecular flexibility index (Phi) is 4.28. The highest BCUT2D eigenvalue weighted by Gasteiger charge is 2.26. The van der Waals surface area contributed by atoms with Gasteiger partial charge < -0.3 is 10.2 Å². The number of carbonyl (C=O) groups is 2. The summed E-state index contributed by atoms with van der Waals surface area (Å²) in [5, 5.41) is 2.78. The zero-order valence-corrected chi connectivity index (χ0v) is 10.7. The maximum absolute atomic E-state index is 11.7. The number of nitrogens with zero attached hydrogens (tertiary/aromatic N) is 2. The van der Waals surface area contributed by atoms with Gasteiger partial charge in [0.15, 0.2) is 0 Å². The summed E-state index contributed by atoms with van der Waals surface area (Å²) in [5.74, 6) is 0.196. The van der Waals surface area contributed by atoms with Crippen molar-refractivity contribution in [3.63, 3.8) is 0 Å². The van der Waals surface area contributed by atoms with Crippen LogP contribution in [0.5, 0.6) is 0 Å². The van der Waals surface area contributed by atoms with Crippen LogP contribution in [0.2, 0.25) is 0 Å². The third kappa shape index (κ3) is 3.40. The van der Waals surface area contributed by atoms with Crippen molar-refractivity contribution < 1.29 is 9.59 Å². The Morgan fingerprint density at radius 3 is 3.11 bits per heavy atom. The van der Waals surface area contributed by atoms with Crippen LogP contribution in [-0.4, -0.2) is 41.3 Å². The van der Waals surface area contributed by atoms with Gasteiger partial charge in [0.2, 0.25) is 5.91 Å². The van der Waals surface area contributed by atoms with E-state index in [1.54, 1.807) is 23.2 Å². The summed E-state index contributed by atoms with van der Waals surface area (Å²) in [6.45, 7) is 5.39. The van der Waals surface area contributed by atoms with Crippen LogP contribution in [0.4, 0.5) is 0 Å². The molecule has 1 aromatic rings. The second-order valence-corrected chi connectivity index (χ2v) is 4.54. The Bertz CT molecular complexity index is 473. The van der Waals surface area contributed by atoms with Crippen molar-refractivity contribution >= 4 is 11.8 Å². The minimum atomic E-state index is -0.167. The van der Waals surface area contributed by atoms with E-state index in [1.807, 2.05) is 6.08 Å². The first kappa shape index (κ1) is 13.3. The number of hydrogen-bond donors (Lipinski definition) is 1. The lowest BCUT2D eigenvalue weighted by Gasteiger charge is -2.16. The SMILES string of the molecule is C=CC1CC(=O)N(CCNC(=O)c2cccnc2)C1. The lowest BCUT2D eigenvalue weighted by atomic mass is 10.1. The van der Waals surface area contributed by atoms with Crippen molar-refractivity contribution in [3.8, 4) is 0 Å². The van der Waals surface area contributed by atoms with Crippen LogP contribution < -0.4 is 5.32 Å². The highest BCUT2D eigenvalue weighted by molar-refractivity contribution is 5.93. The molecule has 0 aromatic carbocycles. The normalized spacial score (nSPS) is 18.4. The van der Waals surface area contributed by atoms with E-state index < -0.39 is 0 Å². The molecule has 1 fully saturated rings. The standard InChI is InChI=1S/C14H17N3O2/c1-2-11-8-13(18)17(10-11)7-6-16-14(19)12-4-3-5-15-9-12/h2-5,9,11H,1,6-8,10H2,(H,16,19). The molecule has 1 atom stereocenters. The second kappa shape index (κ2) is 6.13. The first-order chi connectivity index (χ1) is 9.20. The summed E-state index contributed by atoms with van der Waals surface area (Å²) >= 11 is 0. The van der Waals surface area contributed by atoms with Gasteiger partial charge >= 0.3 is 0 Å². The largest absolute Gasteiger partial charge is 0.350 e. The molecule has 2 heterocycles. The van der Waals surface area contributed by atoms with Crippen molar-refractivity contribution in [3.05, 3.63) is 42.7 Å². The Morgan fingerprint density at radius 2 is 2.47 bits per heavy atom. The van der Waals surface area contributed by atoms with E-state index in [-0.39, 0.29) is 17.7 Å². The van der Waals surface area contributed by atoms with Gasteiger partial charge in [-0.2, -0.15) is 0 Å². The molecule has 19 heavy (non-hydrogen) atoms. The van der Waals surface area contributed by atoms with Crippen LogP contribution in [0.15, 0.2) is 37.2 Å².